The number of carboxylic acids is 1. The molecule has 0 saturated heterocycles. The third-order valence-corrected chi connectivity index (χ3v) is 3.11. The van der Waals surface area contributed by atoms with Crippen molar-refractivity contribution in [2.45, 2.75) is 0 Å². The molecule has 0 spiro atoms. The highest BCUT2D eigenvalue weighted by Gasteiger charge is 2.10. The molecule has 18 heavy (non-hydrogen) atoms. The van der Waals surface area contributed by atoms with Gasteiger partial charge in [0.25, 0.3) is 0 Å². The molecule has 0 fully saturated rings. The summed E-state index contributed by atoms with van der Waals surface area (Å²) in [4.78, 5) is 11.0. The van der Waals surface area contributed by atoms with Crippen LogP contribution >= 0.6 is 22.6 Å². The van der Waals surface area contributed by atoms with Gasteiger partial charge >= 0.3 is 5.97 Å². The summed E-state index contributed by atoms with van der Waals surface area (Å²) in [5, 5.41) is 12.1. The number of nitrogens with two attached hydrogens (primary N) is 1. The van der Waals surface area contributed by atoms with Crippen LogP contribution in [-0.4, -0.2) is 11.1 Å². The van der Waals surface area contributed by atoms with Gasteiger partial charge in [-0.05, 0) is 52.9 Å². The zero-order valence-corrected chi connectivity index (χ0v) is 11.5. The molecule has 4 N–H and O–H groups in total. The first-order valence-electron chi connectivity index (χ1n) is 5.22. The molecule has 2 aromatic rings. The molecule has 0 radical (unpaired) electrons. The van der Waals surface area contributed by atoms with Crippen LogP contribution < -0.4 is 11.1 Å². The maximum absolute atomic E-state index is 11.0. The number of carboxylic acid groups (broad SMARTS) is 1. The summed E-state index contributed by atoms with van der Waals surface area (Å²) in [7, 11) is 0. The van der Waals surface area contributed by atoms with Gasteiger partial charge in [-0.3, -0.25) is 0 Å². The van der Waals surface area contributed by atoms with Gasteiger partial charge in [0, 0.05) is 9.26 Å². The zero-order chi connectivity index (χ0) is 13.1. The quantitative estimate of drug-likeness (QED) is 0.584. The molecule has 0 aliphatic heterocycles. The van der Waals surface area contributed by atoms with Crippen molar-refractivity contribution >= 4 is 45.6 Å². The first-order valence-corrected chi connectivity index (χ1v) is 6.30. The van der Waals surface area contributed by atoms with E-state index in [9.17, 15) is 4.79 Å². The number of hydrogen-bond acceptors (Lipinski definition) is 3. The summed E-state index contributed by atoms with van der Waals surface area (Å²) < 4.78 is 1.09. The molecule has 0 heterocycles. The lowest BCUT2D eigenvalue weighted by Gasteiger charge is -2.11. The Labute approximate surface area is 118 Å². The topological polar surface area (TPSA) is 75.3 Å². The van der Waals surface area contributed by atoms with Gasteiger partial charge in [-0.25, -0.2) is 4.79 Å². The van der Waals surface area contributed by atoms with Crippen molar-refractivity contribution in [2.75, 3.05) is 11.1 Å². The van der Waals surface area contributed by atoms with Gasteiger partial charge < -0.3 is 16.2 Å². The van der Waals surface area contributed by atoms with E-state index in [0.29, 0.717) is 5.69 Å². The summed E-state index contributed by atoms with van der Waals surface area (Å²) in [6, 6.07) is 12.6. The molecular formula is C13H11IN2O2. The number of para-hydroxylation sites is 1. The Balaban J connectivity index is 2.35. The van der Waals surface area contributed by atoms with Crippen molar-refractivity contribution < 1.29 is 9.90 Å². The molecule has 0 bridgehead atoms. The summed E-state index contributed by atoms with van der Waals surface area (Å²) in [6.07, 6.45) is 0. The van der Waals surface area contributed by atoms with Gasteiger partial charge in [-0.1, -0.05) is 12.1 Å². The monoisotopic (exact) mass is 354 g/mol. The van der Waals surface area contributed by atoms with Crippen LogP contribution in [0.3, 0.4) is 0 Å². The fourth-order valence-corrected chi connectivity index (χ4v) is 2.13. The highest BCUT2D eigenvalue weighted by Crippen LogP contribution is 2.26. The van der Waals surface area contributed by atoms with E-state index < -0.39 is 5.97 Å². The third kappa shape index (κ3) is 2.73. The maximum atomic E-state index is 11.0. The van der Waals surface area contributed by atoms with Crippen molar-refractivity contribution in [3.8, 4) is 0 Å². The fourth-order valence-electron chi connectivity index (χ4n) is 1.58. The lowest BCUT2D eigenvalue weighted by Crippen LogP contribution is -2.05. The van der Waals surface area contributed by atoms with E-state index in [2.05, 4.69) is 27.9 Å². The molecule has 5 heteroatoms. The van der Waals surface area contributed by atoms with Gasteiger partial charge in [0.1, 0.15) is 0 Å². The lowest BCUT2D eigenvalue weighted by molar-refractivity contribution is 0.0698. The van der Waals surface area contributed by atoms with Gasteiger partial charge in [-0.15, -0.1) is 0 Å². The number of carbonyl (C=O) groups is 1. The van der Waals surface area contributed by atoms with E-state index in [1.54, 1.807) is 12.1 Å². The number of rotatable bonds is 3. The molecule has 0 atom stereocenters. The zero-order valence-electron chi connectivity index (χ0n) is 9.35. The first-order chi connectivity index (χ1) is 8.58. The summed E-state index contributed by atoms with van der Waals surface area (Å²) >= 11 is 2.21. The number of nitrogens with one attached hydrogen (secondary N) is 1. The van der Waals surface area contributed by atoms with E-state index in [-0.39, 0.29) is 11.3 Å². The molecule has 0 aliphatic carbocycles. The summed E-state index contributed by atoms with van der Waals surface area (Å²) in [6.45, 7) is 0. The molecular weight excluding hydrogens is 343 g/mol. The minimum Gasteiger partial charge on any atom is -0.478 e. The Morgan fingerprint density at radius 2 is 1.94 bits per heavy atom. The van der Waals surface area contributed by atoms with Crippen LogP contribution in [0.5, 0.6) is 0 Å². The minimum absolute atomic E-state index is 0.102. The molecule has 4 nitrogen and oxygen atoms in total. The molecule has 0 aromatic heterocycles. The van der Waals surface area contributed by atoms with Gasteiger partial charge in [0.15, 0.2) is 0 Å². The Morgan fingerprint density at radius 3 is 2.61 bits per heavy atom. The normalized spacial score (nSPS) is 10.1. The molecule has 2 aromatic carbocycles. The number of benzene rings is 2. The van der Waals surface area contributed by atoms with E-state index >= 15 is 0 Å². The molecule has 0 saturated carbocycles. The fraction of sp³-hybridized carbons (Fsp3) is 0. The average Bonchev–Trinajstić information content (AvgIpc) is 2.31. The Bertz CT molecular complexity index is 599. The summed E-state index contributed by atoms with van der Waals surface area (Å²) in [5.74, 6) is -1.03. The van der Waals surface area contributed by atoms with Crippen LogP contribution in [0.15, 0.2) is 42.5 Å². The van der Waals surface area contributed by atoms with E-state index in [1.165, 1.54) is 6.07 Å². The number of hydrogen-bond donors (Lipinski definition) is 3. The van der Waals surface area contributed by atoms with E-state index in [4.69, 9.17) is 10.8 Å². The second-order valence-corrected chi connectivity index (χ2v) is 4.95. The van der Waals surface area contributed by atoms with Crippen LogP contribution in [0, 0.1) is 3.57 Å². The molecule has 2 rings (SSSR count). The predicted octanol–water partition coefficient (Wildman–Crippen LogP) is 3.32. The van der Waals surface area contributed by atoms with E-state index in [0.717, 1.165) is 9.26 Å². The van der Waals surface area contributed by atoms with Crippen LogP contribution in [0.1, 0.15) is 10.4 Å². The van der Waals surface area contributed by atoms with Gasteiger partial charge in [0.05, 0.1) is 16.9 Å². The number of nitrogen functional groups attached to an aromatic ring is 1. The first kappa shape index (κ1) is 12.7. The van der Waals surface area contributed by atoms with Crippen molar-refractivity contribution in [1.29, 1.82) is 0 Å². The van der Waals surface area contributed by atoms with Crippen molar-refractivity contribution in [3.63, 3.8) is 0 Å². The highest BCUT2D eigenvalue weighted by atomic mass is 127. The second-order valence-electron chi connectivity index (χ2n) is 3.71. The minimum atomic E-state index is -1.03. The molecule has 92 valence electrons. The van der Waals surface area contributed by atoms with Crippen molar-refractivity contribution in [1.82, 2.24) is 0 Å². The van der Waals surface area contributed by atoms with Crippen LogP contribution in [0.25, 0.3) is 0 Å². The molecule has 0 unspecified atom stereocenters. The van der Waals surface area contributed by atoms with Crippen LogP contribution in [-0.2, 0) is 0 Å². The average molecular weight is 354 g/mol. The second kappa shape index (κ2) is 5.26. The Hall–Kier alpha value is -1.76. The van der Waals surface area contributed by atoms with Gasteiger partial charge in [-0.2, -0.15) is 0 Å². The standard InChI is InChI=1S/C13H11IN2O2/c14-8-3-1-4-9(7-8)16-11-6-2-5-10(12(11)15)13(17)18/h1-7,16H,15H2,(H,17,18). The molecule has 0 amide bonds. The van der Waals surface area contributed by atoms with Crippen LogP contribution in [0.4, 0.5) is 17.1 Å². The lowest BCUT2D eigenvalue weighted by atomic mass is 10.1. The van der Waals surface area contributed by atoms with Crippen LogP contribution in [0.2, 0.25) is 0 Å². The summed E-state index contributed by atoms with van der Waals surface area (Å²) in [5.41, 5.74) is 7.63. The third-order valence-electron chi connectivity index (χ3n) is 2.44. The predicted molar refractivity (Wildman–Crippen MR) is 80.3 cm³/mol. The van der Waals surface area contributed by atoms with Crippen molar-refractivity contribution in [2.24, 2.45) is 0 Å². The smallest absolute Gasteiger partial charge is 0.337 e. The van der Waals surface area contributed by atoms with Gasteiger partial charge in [0.2, 0.25) is 0 Å². The molecule has 0 aliphatic rings. The highest BCUT2D eigenvalue weighted by molar-refractivity contribution is 14.1. The largest absolute Gasteiger partial charge is 0.478 e. The Kier molecular flexibility index (Phi) is 3.71. The Morgan fingerprint density at radius 1 is 1.22 bits per heavy atom. The maximum Gasteiger partial charge on any atom is 0.337 e. The number of anilines is 3. The van der Waals surface area contributed by atoms with E-state index in [1.807, 2.05) is 24.3 Å². The number of aromatic carboxylic acids is 1. The number of halogens is 1. The SMILES string of the molecule is Nc1c(Nc2cccc(I)c2)cccc1C(=O)O. The van der Waals surface area contributed by atoms with Crippen molar-refractivity contribution in [3.05, 3.63) is 51.6 Å².